The van der Waals surface area contributed by atoms with Crippen molar-refractivity contribution in [1.82, 2.24) is 24.1 Å². The Bertz CT molecular complexity index is 4610. The van der Waals surface area contributed by atoms with Crippen molar-refractivity contribution in [3.05, 3.63) is 254 Å². The average Bonchev–Trinajstić information content (AvgIpc) is 4.17. The average molecular weight is 960 g/mol. The van der Waals surface area contributed by atoms with Gasteiger partial charge in [0, 0.05) is 55.0 Å². The van der Waals surface area contributed by atoms with Crippen LogP contribution >= 0.6 is 0 Å². The zero-order chi connectivity index (χ0) is 49.4. The van der Waals surface area contributed by atoms with Gasteiger partial charge >= 0.3 is 0 Å². The van der Waals surface area contributed by atoms with E-state index in [1.165, 1.54) is 0 Å². The first-order chi connectivity index (χ1) is 37.2. The summed E-state index contributed by atoms with van der Waals surface area (Å²) in [5, 5.41) is 6.66. The lowest BCUT2D eigenvalue weighted by atomic mass is 9.90. The van der Waals surface area contributed by atoms with Crippen molar-refractivity contribution < 1.29 is 4.42 Å². The molecule has 6 heteroatoms. The lowest BCUT2D eigenvalue weighted by Crippen LogP contribution is -2.05. The fourth-order valence-corrected chi connectivity index (χ4v) is 11.6. The molecule has 0 spiro atoms. The fourth-order valence-electron chi connectivity index (χ4n) is 11.6. The molecule has 0 unspecified atom stereocenters. The molecule has 10 aromatic carbocycles. The summed E-state index contributed by atoms with van der Waals surface area (Å²) < 4.78 is 12.2. The number of hydrogen-bond donors (Lipinski definition) is 0. The first kappa shape index (κ1) is 42.7. The second-order valence-corrected chi connectivity index (χ2v) is 19.4. The van der Waals surface area contributed by atoms with Gasteiger partial charge in [-0.25, -0.2) is 15.0 Å². The van der Waals surface area contributed by atoms with Crippen LogP contribution in [0.25, 0.3) is 139 Å². The summed E-state index contributed by atoms with van der Waals surface area (Å²) in [6, 6.07) is 81.7. The highest BCUT2D eigenvalue weighted by Gasteiger charge is 2.27. The molecule has 352 valence electrons. The van der Waals surface area contributed by atoms with Crippen LogP contribution in [0, 0.1) is 0 Å². The molecule has 14 aromatic rings. The Hall–Kier alpha value is -9.91. The topological polar surface area (TPSA) is 61.7 Å². The van der Waals surface area contributed by atoms with Gasteiger partial charge in [0.15, 0.2) is 17.5 Å². The molecular formula is C69H45N5O. The highest BCUT2D eigenvalue weighted by Crippen LogP contribution is 2.48. The van der Waals surface area contributed by atoms with E-state index in [1.54, 1.807) is 0 Å². The van der Waals surface area contributed by atoms with Gasteiger partial charge in [0.2, 0.25) is 0 Å². The molecule has 0 saturated carbocycles. The molecule has 4 heterocycles. The van der Waals surface area contributed by atoms with Crippen molar-refractivity contribution in [2.24, 2.45) is 0 Å². The zero-order valence-corrected chi connectivity index (χ0v) is 40.7. The van der Waals surface area contributed by atoms with E-state index >= 15 is 0 Å². The summed E-state index contributed by atoms with van der Waals surface area (Å²) in [7, 11) is 0. The van der Waals surface area contributed by atoms with E-state index in [4.69, 9.17) is 19.4 Å². The number of aromatic nitrogens is 5. The number of furan rings is 1. The van der Waals surface area contributed by atoms with Gasteiger partial charge in [-0.15, -0.1) is 0 Å². The van der Waals surface area contributed by atoms with Gasteiger partial charge in [0.05, 0.1) is 38.5 Å². The van der Waals surface area contributed by atoms with E-state index in [-0.39, 0.29) is 0 Å². The SMILES string of the molecule is C1=CC(c2cc(-c3nc(-c4ccccc4)nc(-c4ccc(-c5ccccc5)cc4)n3)cc(-c3ccccc3)c2-n2c3ccccc3c3c4oc5c(ccc6c5c5ccccc5n6-c5ccccc5)c4ccc32)=CCC1. The van der Waals surface area contributed by atoms with Gasteiger partial charge < -0.3 is 13.6 Å². The number of para-hydroxylation sites is 3. The van der Waals surface area contributed by atoms with Crippen molar-refractivity contribution in [3.63, 3.8) is 0 Å². The van der Waals surface area contributed by atoms with Crippen LogP contribution in [0.2, 0.25) is 0 Å². The first-order valence-corrected chi connectivity index (χ1v) is 25.7. The third-order valence-corrected chi connectivity index (χ3v) is 15.0. The summed E-state index contributed by atoms with van der Waals surface area (Å²) in [6.07, 6.45) is 8.88. The highest BCUT2D eigenvalue weighted by atomic mass is 16.3. The normalized spacial score (nSPS) is 12.7. The maximum Gasteiger partial charge on any atom is 0.164 e. The standard InChI is InChI=1S/C69H45N5O/c1-6-20-44(21-7-1)45-34-36-49(37-35-45)68-70-67(48-26-12-4-13-27-48)71-69(72-68)50-42-56(46-22-8-2-9-23-46)64(57(43-50)47-24-10-3-11-25-47)74-59-33-19-17-31-55(59)63-61(74)41-39-53-52-38-40-60-62(65(52)75-66(53)63)54-30-16-18-32-58(54)73(60)51-28-14-5-15-29-51/h1-2,4-10,12-43H,3,11H2. The minimum absolute atomic E-state index is 0.600. The summed E-state index contributed by atoms with van der Waals surface area (Å²) in [5.41, 5.74) is 17.8. The maximum absolute atomic E-state index is 7.38. The molecule has 4 aromatic heterocycles. The predicted octanol–water partition coefficient (Wildman–Crippen LogP) is 18.0. The summed E-state index contributed by atoms with van der Waals surface area (Å²) in [5.74, 6) is 1.83. The second kappa shape index (κ2) is 17.4. The highest BCUT2D eigenvalue weighted by molar-refractivity contribution is 6.29. The van der Waals surface area contributed by atoms with E-state index in [9.17, 15) is 0 Å². The van der Waals surface area contributed by atoms with Crippen molar-refractivity contribution in [2.45, 2.75) is 12.8 Å². The number of nitrogens with zero attached hydrogens (tertiary/aromatic N) is 5. The van der Waals surface area contributed by atoms with E-state index < -0.39 is 0 Å². The molecule has 0 atom stereocenters. The van der Waals surface area contributed by atoms with E-state index in [2.05, 4.69) is 234 Å². The molecule has 6 nitrogen and oxygen atoms in total. The van der Waals surface area contributed by atoms with Gasteiger partial charge in [0.1, 0.15) is 11.2 Å². The van der Waals surface area contributed by atoms with Crippen LogP contribution < -0.4 is 0 Å². The maximum atomic E-state index is 7.38. The van der Waals surface area contributed by atoms with Crippen molar-refractivity contribution in [2.75, 3.05) is 0 Å². The molecule has 1 aliphatic rings. The number of fused-ring (bicyclic) bond motifs is 11. The third-order valence-electron chi connectivity index (χ3n) is 15.0. The van der Waals surface area contributed by atoms with Crippen molar-refractivity contribution in [1.29, 1.82) is 0 Å². The van der Waals surface area contributed by atoms with E-state index in [1.807, 2.05) is 24.3 Å². The van der Waals surface area contributed by atoms with Gasteiger partial charge in [-0.1, -0.05) is 188 Å². The number of rotatable bonds is 8. The van der Waals surface area contributed by atoms with Crippen LogP contribution in [0.4, 0.5) is 0 Å². The molecular weight excluding hydrogens is 915 g/mol. The molecule has 0 bridgehead atoms. The van der Waals surface area contributed by atoms with E-state index in [0.717, 1.165) is 140 Å². The molecule has 0 radical (unpaired) electrons. The molecule has 0 saturated heterocycles. The zero-order valence-electron chi connectivity index (χ0n) is 40.7. The summed E-state index contributed by atoms with van der Waals surface area (Å²) >= 11 is 0. The Balaban J connectivity index is 0.995. The van der Waals surface area contributed by atoms with Gasteiger partial charge in [-0.05, 0) is 95.8 Å². The largest absolute Gasteiger partial charge is 0.455 e. The monoisotopic (exact) mass is 959 g/mol. The Labute approximate surface area is 432 Å². The quantitative estimate of drug-likeness (QED) is 0.152. The summed E-state index contributed by atoms with van der Waals surface area (Å²) in [4.78, 5) is 15.8. The van der Waals surface area contributed by atoms with Crippen LogP contribution in [0.5, 0.6) is 0 Å². The van der Waals surface area contributed by atoms with Gasteiger partial charge in [-0.2, -0.15) is 0 Å². The van der Waals surface area contributed by atoms with Crippen LogP contribution in [0.3, 0.4) is 0 Å². The molecule has 0 aliphatic heterocycles. The predicted molar refractivity (Wildman–Crippen MR) is 309 cm³/mol. The minimum atomic E-state index is 0.600. The first-order valence-electron chi connectivity index (χ1n) is 25.7. The molecule has 0 N–H and O–H groups in total. The van der Waals surface area contributed by atoms with E-state index in [0.29, 0.717) is 17.5 Å². The third kappa shape index (κ3) is 6.98. The lowest BCUT2D eigenvalue weighted by molar-refractivity contribution is 0.677. The van der Waals surface area contributed by atoms with Crippen LogP contribution in [0.1, 0.15) is 18.4 Å². The van der Waals surface area contributed by atoms with Crippen LogP contribution in [0.15, 0.2) is 253 Å². The molecule has 0 fully saturated rings. The molecule has 0 amide bonds. The Morgan fingerprint density at radius 1 is 0.347 bits per heavy atom. The smallest absolute Gasteiger partial charge is 0.164 e. The summed E-state index contributed by atoms with van der Waals surface area (Å²) in [6.45, 7) is 0. The lowest BCUT2D eigenvalue weighted by Gasteiger charge is -2.22. The number of benzene rings is 10. The Kier molecular flexibility index (Phi) is 9.91. The second-order valence-electron chi connectivity index (χ2n) is 19.4. The molecule has 15 rings (SSSR count). The minimum Gasteiger partial charge on any atom is -0.455 e. The van der Waals surface area contributed by atoms with Crippen LogP contribution in [-0.2, 0) is 0 Å². The van der Waals surface area contributed by atoms with Gasteiger partial charge in [-0.3, -0.25) is 0 Å². The number of hydrogen-bond acceptors (Lipinski definition) is 4. The van der Waals surface area contributed by atoms with Crippen molar-refractivity contribution >= 4 is 71.1 Å². The molecule has 75 heavy (non-hydrogen) atoms. The fraction of sp³-hybridized carbons (Fsp3) is 0.0290. The Morgan fingerprint density at radius 2 is 0.813 bits per heavy atom. The number of allylic oxidation sites excluding steroid dienone is 4. The van der Waals surface area contributed by atoms with Gasteiger partial charge in [0.25, 0.3) is 0 Å². The Morgan fingerprint density at radius 3 is 1.41 bits per heavy atom. The molecule has 1 aliphatic carbocycles. The van der Waals surface area contributed by atoms with Crippen molar-refractivity contribution in [3.8, 4) is 67.8 Å². The van der Waals surface area contributed by atoms with Crippen LogP contribution in [-0.4, -0.2) is 24.1 Å².